The van der Waals surface area contributed by atoms with Gasteiger partial charge in [-0.05, 0) is 143 Å². The van der Waals surface area contributed by atoms with Gasteiger partial charge in [-0.15, -0.1) is 0 Å². The first kappa shape index (κ1) is 34.8. The molecule has 0 atom stereocenters. The maximum Gasteiger partial charge on any atom is -0.00134 e. The quantitative estimate of drug-likeness (QED) is 0.120. The minimum Gasteiger partial charge on any atom is -0.0622 e. The molecule has 13 aromatic rings. The van der Waals surface area contributed by atoms with E-state index in [2.05, 4.69) is 231 Å². The molecule has 0 aliphatic heterocycles. The van der Waals surface area contributed by atoms with Crippen molar-refractivity contribution in [2.24, 2.45) is 0 Å². The molecule has 0 nitrogen and oxygen atoms in total. The Hall–Kier alpha value is -8.06. The number of fused-ring (bicyclic) bond motifs is 7. The molecule has 0 N–H and O–H groups in total. The van der Waals surface area contributed by atoms with Gasteiger partial charge >= 0.3 is 0 Å². The molecule has 0 saturated carbocycles. The van der Waals surface area contributed by atoms with Crippen LogP contribution in [0, 0.1) is 0 Å². The van der Waals surface area contributed by atoms with Crippen LogP contribution in [-0.2, 0) is 0 Å². The highest BCUT2D eigenvalue weighted by atomic mass is 14.3. The molecule has 0 radical (unpaired) electrons. The van der Waals surface area contributed by atoms with Crippen LogP contribution < -0.4 is 0 Å². The monoisotopic (exact) mass is 782 g/mol. The molecule has 62 heavy (non-hydrogen) atoms. The highest BCUT2D eigenvalue weighted by Crippen LogP contribution is 2.52. The van der Waals surface area contributed by atoms with Crippen LogP contribution in [0.15, 0.2) is 231 Å². The lowest BCUT2D eigenvalue weighted by Crippen LogP contribution is -1.95. The topological polar surface area (TPSA) is 0 Å². The third-order valence-electron chi connectivity index (χ3n) is 13.4. The van der Waals surface area contributed by atoms with Crippen molar-refractivity contribution in [1.82, 2.24) is 0 Å². The van der Waals surface area contributed by atoms with E-state index in [0.29, 0.717) is 0 Å². The van der Waals surface area contributed by atoms with Crippen LogP contribution in [0.3, 0.4) is 0 Å². The summed E-state index contributed by atoms with van der Waals surface area (Å²) in [5.74, 6) is 0. The minimum atomic E-state index is 1.21. The van der Waals surface area contributed by atoms with Crippen molar-refractivity contribution in [3.63, 3.8) is 0 Å². The lowest BCUT2D eigenvalue weighted by atomic mass is 9.80. The summed E-state index contributed by atoms with van der Waals surface area (Å²) in [4.78, 5) is 0. The molecule has 286 valence electrons. The summed E-state index contributed by atoms with van der Waals surface area (Å²) in [7, 11) is 0. The summed E-state index contributed by atoms with van der Waals surface area (Å²) >= 11 is 0. The number of hydrogen-bond donors (Lipinski definition) is 0. The molecule has 0 aliphatic rings. The van der Waals surface area contributed by atoms with Crippen molar-refractivity contribution >= 4 is 75.4 Å². The van der Waals surface area contributed by atoms with E-state index in [4.69, 9.17) is 0 Å². The van der Waals surface area contributed by atoms with E-state index >= 15 is 0 Å². The third-order valence-corrected chi connectivity index (χ3v) is 13.4. The van der Waals surface area contributed by atoms with Gasteiger partial charge in [-0.2, -0.15) is 0 Å². The Balaban J connectivity index is 1.13. The second-order valence-electron chi connectivity index (χ2n) is 16.6. The summed E-state index contributed by atoms with van der Waals surface area (Å²) in [6.45, 7) is 0. The molecule has 0 spiro atoms. The average molecular weight is 783 g/mol. The van der Waals surface area contributed by atoms with Gasteiger partial charge in [0.05, 0.1) is 0 Å². The summed E-state index contributed by atoms with van der Waals surface area (Å²) in [6.07, 6.45) is 0. The van der Waals surface area contributed by atoms with Crippen LogP contribution in [0.4, 0.5) is 0 Å². The zero-order valence-electron chi connectivity index (χ0n) is 33.9. The summed E-state index contributed by atoms with van der Waals surface area (Å²) in [5.41, 5.74) is 12.4. The Morgan fingerprint density at radius 1 is 0.177 bits per heavy atom. The number of rotatable bonds is 5. The highest BCUT2D eigenvalue weighted by molar-refractivity contribution is 6.44. The number of hydrogen-bond acceptors (Lipinski definition) is 0. The third kappa shape index (κ3) is 5.14. The molecule has 0 heteroatoms. The van der Waals surface area contributed by atoms with Crippen LogP contribution >= 0.6 is 0 Å². The molecule has 13 rings (SSSR count). The number of benzene rings is 13. The van der Waals surface area contributed by atoms with Gasteiger partial charge in [0, 0.05) is 0 Å². The second kappa shape index (κ2) is 13.7. The van der Waals surface area contributed by atoms with Gasteiger partial charge in [0.1, 0.15) is 0 Å². The molecular weight excluding hydrogens is 745 g/mol. The van der Waals surface area contributed by atoms with E-state index in [0.717, 1.165) is 0 Å². The fraction of sp³-hybridized carbons (Fsp3) is 0. The Bertz CT molecular complexity index is 3880. The minimum absolute atomic E-state index is 1.21. The largest absolute Gasteiger partial charge is 0.0622 e. The fourth-order valence-corrected chi connectivity index (χ4v) is 10.7. The van der Waals surface area contributed by atoms with Crippen molar-refractivity contribution in [2.45, 2.75) is 0 Å². The first-order valence-electron chi connectivity index (χ1n) is 21.6. The van der Waals surface area contributed by atoms with Crippen LogP contribution in [0.2, 0.25) is 0 Å². The van der Waals surface area contributed by atoms with Crippen molar-refractivity contribution in [1.29, 1.82) is 0 Å². The lowest BCUT2D eigenvalue weighted by Gasteiger charge is -2.23. The van der Waals surface area contributed by atoms with Crippen molar-refractivity contribution in [3.8, 4) is 55.6 Å². The van der Waals surface area contributed by atoms with Crippen molar-refractivity contribution in [3.05, 3.63) is 231 Å². The maximum atomic E-state index is 2.42. The first-order valence-corrected chi connectivity index (χ1v) is 21.6. The van der Waals surface area contributed by atoms with Crippen molar-refractivity contribution < 1.29 is 0 Å². The molecule has 0 unspecified atom stereocenters. The van der Waals surface area contributed by atoms with Crippen LogP contribution in [0.25, 0.3) is 131 Å². The summed E-state index contributed by atoms with van der Waals surface area (Å²) in [5, 5.41) is 18.1. The molecular formula is C62H38. The standard InChI is InChI=1S/C62H38/c1-4-17-39(18-5-1)42-31-32-49(56(37-42)41-21-8-3-9-22-41)48-34-35-52(47-26-13-12-25-46(47)48)58-50-27-14-15-28-51(50)60-55-36-33-44(40-19-6-2-7-20-40)57-38-43-23-10-11-24-45(43)59(62(55)57)54-30-16-29-53(58)61(54)60/h1-38H. The second-order valence-corrected chi connectivity index (χ2v) is 16.6. The Labute approximate surface area is 359 Å². The van der Waals surface area contributed by atoms with Crippen LogP contribution in [0.5, 0.6) is 0 Å². The zero-order valence-corrected chi connectivity index (χ0v) is 33.9. The van der Waals surface area contributed by atoms with Gasteiger partial charge in [-0.1, -0.05) is 218 Å². The average Bonchev–Trinajstić information content (AvgIpc) is 3.35. The van der Waals surface area contributed by atoms with E-state index in [1.807, 2.05) is 0 Å². The molecule has 0 saturated heterocycles. The van der Waals surface area contributed by atoms with E-state index in [-0.39, 0.29) is 0 Å². The Morgan fingerprint density at radius 3 is 1.39 bits per heavy atom. The van der Waals surface area contributed by atoms with E-state index in [1.54, 1.807) is 0 Å². The van der Waals surface area contributed by atoms with Gasteiger partial charge in [-0.3, -0.25) is 0 Å². The van der Waals surface area contributed by atoms with Crippen molar-refractivity contribution in [2.75, 3.05) is 0 Å². The molecule has 0 heterocycles. The SMILES string of the molecule is c1ccc(-c2ccc(-c3ccc(-c4c5ccccc5c5c6ccc(-c7ccccc7)c7cc8ccccc8c(c8cccc4c85)c76)c4ccccc34)c(-c3ccccc3)c2)cc1. The fourth-order valence-electron chi connectivity index (χ4n) is 10.7. The van der Waals surface area contributed by atoms with E-state index in [9.17, 15) is 0 Å². The predicted molar refractivity (Wildman–Crippen MR) is 267 cm³/mol. The molecule has 0 bridgehead atoms. The molecule has 0 aliphatic carbocycles. The van der Waals surface area contributed by atoms with Gasteiger partial charge < -0.3 is 0 Å². The molecule has 0 fully saturated rings. The predicted octanol–water partition coefficient (Wildman–Crippen LogP) is 17.5. The summed E-state index contributed by atoms with van der Waals surface area (Å²) in [6, 6.07) is 85.5. The van der Waals surface area contributed by atoms with E-state index < -0.39 is 0 Å². The zero-order chi connectivity index (χ0) is 40.7. The Morgan fingerprint density at radius 2 is 0.645 bits per heavy atom. The van der Waals surface area contributed by atoms with Gasteiger partial charge in [0.15, 0.2) is 0 Å². The van der Waals surface area contributed by atoms with Gasteiger partial charge in [0.2, 0.25) is 0 Å². The lowest BCUT2D eigenvalue weighted by molar-refractivity contribution is 1.57. The van der Waals surface area contributed by atoms with Crippen LogP contribution in [0.1, 0.15) is 0 Å². The molecule has 0 aromatic heterocycles. The normalized spacial score (nSPS) is 11.9. The maximum absolute atomic E-state index is 2.42. The summed E-state index contributed by atoms with van der Waals surface area (Å²) < 4.78 is 0. The first-order chi connectivity index (χ1) is 30.8. The van der Waals surface area contributed by atoms with E-state index in [1.165, 1.54) is 131 Å². The van der Waals surface area contributed by atoms with Gasteiger partial charge in [-0.25, -0.2) is 0 Å². The molecule has 13 aromatic carbocycles. The van der Waals surface area contributed by atoms with Crippen LogP contribution in [-0.4, -0.2) is 0 Å². The highest BCUT2D eigenvalue weighted by Gasteiger charge is 2.24. The molecule has 0 amide bonds. The smallest absolute Gasteiger partial charge is 0.00134 e. The Kier molecular flexibility index (Phi) is 7.71. The van der Waals surface area contributed by atoms with Gasteiger partial charge in [0.25, 0.3) is 0 Å².